The topological polar surface area (TPSA) is 93.7 Å². The molecule has 2 amide bonds. The molecule has 2 N–H and O–H groups in total. The smallest absolute Gasteiger partial charge is 0.366 e. The van der Waals surface area contributed by atoms with Gasteiger partial charge in [-0.1, -0.05) is 10.9 Å². The minimum Gasteiger partial charge on any atom is -0.366 e. The lowest BCUT2D eigenvalue weighted by molar-refractivity contribution is -0.150. The van der Waals surface area contributed by atoms with E-state index in [-0.39, 0.29) is 29.6 Å². The highest BCUT2D eigenvalue weighted by molar-refractivity contribution is 5.94. The van der Waals surface area contributed by atoms with Crippen molar-refractivity contribution in [3.8, 4) is 0 Å². The number of carbonyl (C=O) groups excluding carboxylic acids is 2. The summed E-state index contributed by atoms with van der Waals surface area (Å²) in [7, 11) is 3.85. The zero-order valence-electron chi connectivity index (χ0n) is 22.8. The predicted octanol–water partition coefficient (Wildman–Crippen LogP) is 4.72. The number of nitrogens with zero attached hydrogens (tertiary/aromatic N) is 5. The molecule has 1 aliphatic carbocycles. The zero-order chi connectivity index (χ0) is 29.0. The fourth-order valence-electron chi connectivity index (χ4n) is 5.28. The van der Waals surface area contributed by atoms with Crippen molar-refractivity contribution in [2.75, 3.05) is 44.4 Å². The Morgan fingerprint density at radius 3 is 2.40 bits per heavy atom. The van der Waals surface area contributed by atoms with E-state index in [4.69, 9.17) is 0 Å². The van der Waals surface area contributed by atoms with Gasteiger partial charge in [-0.05, 0) is 77.0 Å². The third kappa shape index (κ3) is 6.80. The molecule has 218 valence electrons. The van der Waals surface area contributed by atoms with E-state index in [2.05, 4.69) is 32.5 Å². The number of piperidine rings is 1. The van der Waals surface area contributed by atoms with Crippen molar-refractivity contribution in [2.24, 2.45) is 5.92 Å². The Labute approximate surface area is 230 Å². The molecule has 4 rings (SSSR count). The second kappa shape index (κ2) is 12.4. The Bertz CT molecular complexity index is 1190. The first-order chi connectivity index (χ1) is 19.0. The van der Waals surface area contributed by atoms with Crippen molar-refractivity contribution in [2.45, 2.75) is 57.3 Å². The van der Waals surface area contributed by atoms with Crippen molar-refractivity contribution in [3.63, 3.8) is 0 Å². The van der Waals surface area contributed by atoms with Gasteiger partial charge in [0.05, 0.1) is 12.5 Å². The minimum absolute atomic E-state index is 0.0855. The number of rotatable bonds is 8. The second-order valence-corrected chi connectivity index (χ2v) is 10.4. The maximum Gasteiger partial charge on any atom is 0.421 e. The molecule has 1 saturated heterocycles. The average molecular weight is 566 g/mol. The molecule has 0 bridgehead atoms. The van der Waals surface area contributed by atoms with Crippen LogP contribution in [0.1, 0.15) is 54.9 Å². The molecule has 0 unspecified atom stereocenters. The number of hydrogen-bond donors (Lipinski definition) is 2. The number of benzene rings is 1. The molecule has 13 heteroatoms. The summed E-state index contributed by atoms with van der Waals surface area (Å²) in [6.07, 6.45) is -0.921. The average Bonchev–Trinajstić information content (AvgIpc) is 3.39. The molecule has 1 aromatic heterocycles. The molecular formula is C27H35F4N7O2. The Balaban J connectivity index is 1.48. The Morgan fingerprint density at radius 1 is 1.10 bits per heavy atom. The third-order valence-electron chi connectivity index (χ3n) is 7.71. The van der Waals surface area contributed by atoms with E-state index >= 15 is 0 Å². The van der Waals surface area contributed by atoms with Crippen molar-refractivity contribution >= 4 is 29.3 Å². The number of anilines is 3. The summed E-state index contributed by atoms with van der Waals surface area (Å²) in [5, 5.41) is 5.71. The van der Waals surface area contributed by atoms with Gasteiger partial charge in [0.25, 0.3) is 11.8 Å². The molecule has 9 nitrogen and oxygen atoms in total. The summed E-state index contributed by atoms with van der Waals surface area (Å²) >= 11 is 0. The number of aromatic nitrogens is 2. The van der Waals surface area contributed by atoms with Crippen LogP contribution in [0.2, 0.25) is 0 Å². The lowest BCUT2D eigenvalue weighted by Crippen LogP contribution is -2.44. The number of nitrogens with one attached hydrogen (secondary N) is 2. The third-order valence-corrected chi connectivity index (χ3v) is 7.71. The van der Waals surface area contributed by atoms with Gasteiger partial charge in [0.2, 0.25) is 5.95 Å². The van der Waals surface area contributed by atoms with E-state index in [9.17, 15) is 27.2 Å². The van der Waals surface area contributed by atoms with Crippen LogP contribution < -0.4 is 10.6 Å². The van der Waals surface area contributed by atoms with Crippen LogP contribution in [0.4, 0.5) is 35.1 Å². The lowest BCUT2D eigenvalue weighted by Gasteiger charge is -2.35. The molecule has 2 atom stereocenters. The summed E-state index contributed by atoms with van der Waals surface area (Å²) in [5.41, 5.74) is -0.107. The maximum absolute atomic E-state index is 13.9. The van der Waals surface area contributed by atoms with E-state index in [1.165, 1.54) is 6.92 Å². The van der Waals surface area contributed by atoms with Gasteiger partial charge in [-0.25, -0.2) is 4.98 Å². The van der Waals surface area contributed by atoms with Crippen molar-refractivity contribution in [1.82, 2.24) is 24.9 Å². The van der Waals surface area contributed by atoms with Gasteiger partial charge in [0, 0.05) is 36.6 Å². The Hall–Kier alpha value is -3.48. The molecule has 2 heterocycles. The van der Waals surface area contributed by atoms with E-state index in [0.29, 0.717) is 36.7 Å². The van der Waals surface area contributed by atoms with E-state index in [1.807, 2.05) is 0 Å². The molecule has 2 aromatic rings. The van der Waals surface area contributed by atoms with Gasteiger partial charge in [-0.15, -0.1) is 0 Å². The van der Waals surface area contributed by atoms with Crippen molar-refractivity contribution in [3.05, 3.63) is 41.6 Å². The second-order valence-electron chi connectivity index (χ2n) is 10.4. The molecule has 1 aromatic carbocycles. The van der Waals surface area contributed by atoms with Gasteiger partial charge in [0.1, 0.15) is 11.4 Å². The normalized spacial score (nSPS) is 20.3. The number of carbonyl (C=O) groups is 2. The largest absolute Gasteiger partial charge is 0.421 e. The number of halogens is 4. The quantitative estimate of drug-likeness (QED) is 0.354. The molecule has 1 aliphatic heterocycles. The first kappa shape index (κ1) is 29.5. The Kier molecular flexibility index (Phi) is 9.12. The van der Waals surface area contributed by atoms with Crippen LogP contribution in [0.3, 0.4) is 0 Å². The van der Waals surface area contributed by atoms with Crippen LogP contribution >= 0.6 is 0 Å². The van der Waals surface area contributed by atoms with Gasteiger partial charge in [-0.3, -0.25) is 9.59 Å². The zero-order valence-corrected chi connectivity index (χ0v) is 22.8. The van der Waals surface area contributed by atoms with Gasteiger partial charge in [0.15, 0.2) is 0 Å². The first-order valence-corrected chi connectivity index (χ1v) is 13.5. The highest BCUT2D eigenvalue weighted by Crippen LogP contribution is 2.37. The van der Waals surface area contributed by atoms with Crippen LogP contribution in [-0.4, -0.2) is 82.5 Å². The van der Waals surface area contributed by atoms with Gasteiger partial charge < -0.3 is 20.4 Å². The summed E-state index contributed by atoms with van der Waals surface area (Å²) in [6, 6.07) is 6.02. The number of alkyl halides is 3. The highest BCUT2D eigenvalue weighted by Gasteiger charge is 2.40. The number of hydrogen-bond acceptors (Lipinski definition) is 7. The maximum atomic E-state index is 13.9. The molecule has 2 aliphatic rings. The standard InChI is InChI=1S/C27H35F4N7O2/c1-4-38(31)25(40)20-6-5-7-22(20)34-23-21(27(28,29)30)16-32-26(35-23)33-18-10-8-17(9-11-18)24(39)37(3)19-12-14-36(2)15-13-19/h8-11,16,19-20,22H,4-7,12-15H2,1-3H3,(H2,32,33,34,35)/t20-,22+/m0/s1. The van der Waals surface area contributed by atoms with E-state index in [1.54, 1.807) is 36.2 Å². The van der Waals surface area contributed by atoms with Crippen molar-refractivity contribution < 1.29 is 27.2 Å². The van der Waals surface area contributed by atoms with Crippen molar-refractivity contribution in [1.29, 1.82) is 0 Å². The SMILES string of the molecule is CCN(F)C(=O)[C@H]1CCC[C@H]1Nc1nc(Nc2ccc(C(=O)N(C)C3CCN(C)CC3)cc2)ncc1C(F)(F)F. The van der Waals surface area contributed by atoms with Gasteiger partial charge >= 0.3 is 6.18 Å². The molecule has 0 spiro atoms. The predicted molar refractivity (Wildman–Crippen MR) is 143 cm³/mol. The molecule has 2 fully saturated rings. The fraction of sp³-hybridized carbons (Fsp3) is 0.556. The minimum atomic E-state index is -4.74. The molecular weight excluding hydrogens is 530 g/mol. The summed E-state index contributed by atoms with van der Waals surface area (Å²) in [5.74, 6) is -2.23. The summed E-state index contributed by atoms with van der Waals surface area (Å²) in [4.78, 5) is 37.3. The van der Waals surface area contributed by atoms with Crippen LogP contribution in [0, 0.1) is 5.92 Å². The van der Waals surface area contributed by atoms with Crippen LogP contribution in [-0.2, 0) is 11.0 Å². The van der Waals surface area contributed by atoms with E-state index < -0.39 is 35.4 Å². The van der Waals surface area contributed by atoms with Crippen LogP contribution in [0.5, 0.6) is 0 Å². The molecule has 40 heavy (non-hydrogen) atoms. The first-order valence-electron chi connectivity index (χ1n) is 13.5. The monoisotopic (exact) mass is 565 g/mol. The van der Waals surface area contributed by atoms with Crippen LogP contribution in [0.25, 0.3) is 0 Å². The number of amides is 2. The summed E-state index contributed by atoms with van der Waals surface area (Å²) in [6.45, 7) is 3.20. The van der Waals surface area contributed by atoms with E-state index in [0.717, 1.165) is 25.9 Å². The number of likely N-dealkylation sites (tertiary alicyclic amines) is 1. The van der Waals surface area contributed by atoms with Gasteiger partial charge in [-0.2, -0.15) is 23.3 Å². The van der Waals surface area contributed by atoms with Crippen LogP contribution in [0.15, 0.2) is 30.5 Å². The highest BCUT2D eigenvalue weighted by atomic mass is 19.4. The molecule has 0 radical (unpaired) electrons. The molecule has 1 saturated carbocycles. The Morgan fingerprint density at radius 2 is 1.77 bits per heavy atom. The summed E-state index contributed by atoms with van der Waals surface area (Å²) < 4.78 is 55.1. The fourth-order valence-corrected chi connectivity index (χ4v) is 5.28. The lowest BCUT2D eigenvalue weighted by atomic mass is 10.0.